The Bertz CT molecular complexity index is 684. The topological polar surface area (TPSA) is 41.6 Å². The standard InChI is InChI=1S/C24H36N2O2.ClH/c1-17-5-6-21(28-8-4-7-26(2)3)12-22(17)25-23(27)16-24-13-18-9-19(14-24)11-20(10-18)15-24;/h5-6,12,18-20H,4,7-11,13-16H2,1-3H3,(H,25,27);1H. The summed E-state index contributed by atoms with van der Waals surface area (Å²) in [4.78, 5) is 15.1. The second-order valence-electron chi connectivity index (χ2n) is 10.1. The van der Waals surface area contributed by atoms with Crippen LogP contribution in [0.1, 0.15) is 56.9 Å². The lowest BCUT2D eigenvalue weighted by Crippen LogP contribution is -2.47. The van der Waals surface area contributed by atoms with Gasteiger partial charge in [0, 0.05) is 24.7 Å². The molecule has 162 valence electrons. The number of hydrogen-bond donors (Lipinski definition) is 1. The van der Waals surface area contributed by atoms with Gasteiger partial charge in [0.1, 0.15) is 5.75 Å². The van der Waals surface area contributed by atoms with Crippen molar-refractivity contribution in [3.8, 4) is 5.75 Å². The fourth-order valence-corrected chi connectivity index (χ4v) is 6.44. The van der Waals surface area contributed by atoms with Gasteiger partial charge in [0.15, 0.2) is 0 Å². The lowest BCUT2D eigenvalue weighted by atomic mass is 9.49. The predicted octanol–water partition coefficient (Wildman–Crippen LogP) is 5.29. The number of anilines is 1. The highest BCUT2D eigenvalue weighted by atomic mass is 35.5. The number of ether oxygens (including phenoxy) is 1. The Morgan fingerprint density at radius 1 is 1.14 bits per heavy atom. The monoisotopic (exact) mass is 420 g/mol. The Morgan fingerprint density at radius 3 is 2.34 bits per heavy atom. The van der Waals surface area contributed by atoms with E-state index in [1.54, 1.807) is 0 Å². The maximum absolute atomic E-state index is 12.9. The van der Waals surface area contributed by atoms with Crippen molar-refractivity contribution < 1.29 is 9.53 Å². The van der Waals surface area contributed by atoms with Gasteiger partial charge >= 0.3 is 0 Å². The van der Waals surface area contributed by atoms with Gasteiger partial charge in [-0.1, -0.05) is 6.07 Å². The van der Waals surface area contributed by atoms with Gasteiger partial charge in [-0.25, -0.2) is 0 Å². The van der Waals surface area contributed by atoms with E-state index in [2.05, 4.69) is 31.2 Å². The number of halogens is 1. The maximum atomic E-state index is 12.9. The first-order valence-electron chi connectivity index (χ1n) is 11.1. The van der Waals surface area contributed by atoms with Crippen LogP contribution in [0.3, 0.4) is 0 Å². The normalized spacial score (nSPS) is 29.6. The van der Waals surface area contributed by atoms with Gasteiger partial charge in [0.2, 0.25) is 5.91 Å². The Kier molecular flexibility index (Phi) is 7.16. The molecule has 0 saturated heterocycles. The molecule has 0 heterocycles. The van der Waals surface area contributed by atoms with E-state index in [4.69, 9.17) is 4.74 Å². The van der Waals surface area contributed by atoms with Gasteiger partial charge in [0.05, 0.1) is 6.61 Å². The minimum Gasteiger partial charge on any atom is -0.493 e. The quantitative estimate of drug-likeness (QED) is 0.580. The average molecular weight is 421 g/mol. The van der Waals surface area contributed by atoms with E-state index in [0.29, 0.717) is 13.0 Å². The van der Waals surface area contributed by atoms with Crippen molar-refractivity contribution in [3.05, 3.63) is 23.8 Å². The SMILES string of the molecule is Cc1ccc(OCCCN(C)C)cc1NC(=O)CC12CC3CC(CC(C3)C1)C2.Cl. The van der Waals surface area contributed by atoms with Gasteiger partial charge in [0.25, 0.3) is 0 Å². The van der Waals surface area contributed by atoms with Crippen LogP contribution in [0.2, 0.25) is 0 Å². The molecule has 1 N–H and O–H groups in total. The minimum atomic E-state index is 0. The number of benzene rings is 1. The van der Waals surface area contributed by atoms with Crippen molar-refractivity contribution >= 4 is 24.0 Å². The molecule has 0 aromatic heterocycles. The number of carbonyl (C=O) groups excluding carboxylic acids is 1. The van der Waals surface area contributed by atoms with Gasteiger partial charge in [-0.3, -0.25) is 4.79 Å². The third kappa shape index (κ3) is 5.46. The van der Waals surface area contributed by atoms with E-state index in [9.17, 15) is 4.79 Å². The first kappa shape index (κ1) is 22.4. The number of nitrogens with zero attached hydrogens (tertiary/aromatic N) is 1. The van der Waals surface area contributed by atoms with Crippen molar-refractivity contribution in [1.29, 1.82) is 0 Å². The number of amides is 1. The second kappa shape index (κ2) is 9.26. The molecule has 0 atom stereocenters. The summed E-state index contributed by atoms with van der Waals surface area (Å²) in [6, 6.07) is 6.03. The van der Waals surface area contributed by atoms with E-state index in [-0.39, 0.29) is 23.7 Å². The Balaban J connectivity index is 0.00000240. The zero-order valence-electron chi connectivity index (χ0n) is 18.2. The second-order valence-corrected chi connectivity index (χ2v) is 10.1. The van der Waals surface area contributed by atoms with Crippen LogP contribution in [-0.4, -0.2) is 38.1 Å². The van der Waals surface area contributed by atoms with E-state index in [0.717, 1.165) is 47.7 Å². The fourth-order valence-electron chi connectivity index (χ4n) is 6.44. The van der Waals surface area contributed by atoms with Crippen LogP contribution in [0, 0.1) is 30.1 Å². The maximum Gasteiger partial charge on any atom is 0.224 e. The number of carbonyl (C=O) groups is 1. The summed E-state index contributed by atoms with van der Waals surface area (Å²) in [5.74, 6) is 3.70. The smallest absolute Gasteiger partial charge is 0.224 e. The minimum absolute atomic E-state index is 0. The molecule has 29 heavy (non-hydrogen) atoms. The molecule has 0 spiro atoms. The highest BCUT2D eigenvalue weighted by Gasteiger charge is 2.51. The molecule has 4 aliphatic carbocycles. The number of hydrogen-bond acceptors (Lipinski definition) is 3. The molecule has 0 unspecified atom stereocenters. The van der Waals surface area contributed by atoms with Crippen LogP contribution >= 0.6 is 12.4 Å². The van der Waals surface area contributed by atoms with Gasteiger partial charge in [-0.05, 0) is 101 Å². The number of rotatable bonds is 8. The van der Waals surface area contributed by atoms with Crippen LogP contribution in [0.25, 0.3) is 0 Å². The Hall–Kier alpha value is -1.26. The molecule has 4 aliphatic rings. The molecule has 1 aromatic rings. The highest BCUT2D eigenvalue weighted by molar-refractivity contribution is 5.92. The first-order chi connectivity index (χ1) is 13.4. The average Bonchev–Trinajstić information content (AvgIpc) is 2.59. The molecule has 5 heteroatoms. The third-order valence-corrected chi connectivity index (χ3v) is 7.20. The predicted molar refractivity (Wildman–Crippen MR) is 121 cm³/mol. The van der Waals surface area contributed by atoms with Crippen molar-refractivity contribution in [3.63, 3.8) is 0 Å². The summed E-state index contributed by atoms with van der Waals surface area (Å²) in [5.41, 5.74) is 2.28. The molecule has 4 fully saturated rings. The molecule has 1 amide bonds. The van der Waals surface area contributed by atoms with E-state index in [1.165, 1.54) is 38.5 Å². The summed E-state index contributed by atoms with van der Waals surface area (Å²) in [7, 11) is 4.15. The van der Waals surface area contributed by atoms with Crippen molar-refractivity contribution in [2.75, 3.05) is 32.6 Å². The van der Waals surface area contributed by atoms with Crippen LogP contribution in [0.4, 0.5) is 5.69 Å². The summed E-state index contributed by atoms with van der Waals surface area (Å²) in [5, 5.41) is 3.21. The van der Waals surface area contributed by atoms with Gasteiger partial charge in [-0.2, -0.15) is 0 Å². The Morgan fingerprint density at radius 2 is 1.76 bits per heavy atom. The lowest BCUT2D eigenvalue weighted by molar-refractivity contribution is -0.124. The van der Waals surface area contributed by atoms with Crippen LogP contribution in [-0.2, 0) is 4.79 Å². The first-order valence-corrected chi connectivity index (χ1v) is 11.1. The molecule has 0 radical (unpaired) electrons. The third-order valence-electron chi connectivity index (χ3n) is 7.20. The molecule has 0 aliphatic heterocycles. The van der Waals surface area contributed by atoms with E-state index in [1.807, 2.05) is 18.2 Å². The van der Waals surface area contributed by atoms with Crippen molar-refractivity contribution in [2.45, 2.75) is 58.3 Å². The summed E-state index contributed by atoms with van der Waals surface area (Å²) < 4.78 is 5.89. The van der Waals surface area contributed by atoms with Crippen LogP contribution < -0.4 is 10.1 Å². The highest BCUT2D eigenvalue weighted by Crippen LogP contribution is 2.61. The largest absolute Gasteiger partial charge is 0.493 e. The summed E-state index contributed by atoms with van der Waals surface area (Å²) in [6.45, 7) is 3.76. The van der Waals surface area contributed by atoms with Crippen LogP contribution in [0.15, 0.2) is 18.2 Å². The van der Waals surface area contributed by atoms with E-state index >= 15 is 0 Å². The molecular formula is C24H37ClN2O2. The zero-order valence-corrected chi connectivity index (χ0v) is 19.0. The molecule has 4 bridgehead atoms. The van der Waals surface area contributed by atoms with Gasteiger partial charge in [-0.15, -0.1) is 12.4 Å². The summed E-state index contributed by atoms with van der Waals surface area (Å²) >= 11 is 0. The lowest BCUT2D eigenvalue weighted by Gasteiger charge is -2.56. The number of nitrogens with one attached hydrogen (secondary N) is 1. The molecule has 4 nitrogen and oxygen atoms in total. The summed E-state index contributed by atoms with van der Waals surface area (Å²) in [6.07, 6.45) is 9.80. The van der Waals surface area contributed by atoms with Crippen LogP contribution in [0.5, 0.6) is 5.75 Å². The Labute approximate surface area is 182 Å². The van der Waals surface area contributed by atoms with Crippen molar-refractivity contribution in [2.24, 2.45) is 23.2 Å². The molecule has 1 aromatic carbocycles. The number of aryl methyl sites for hydroxylation is 1. The van der Waals surface area contributed by atoms with Gasteiger partial charge < -0.3 is 15.0 Å². The molecular weight excluding hydrogens is 384 g/mol. The fraction of sp³-hybridized carbons (Fsp3) is 0.708. The zero-order chi connectivity index (χ0) is 19.7. The van der Waals surface area contributed by atoms with E-state index < -0.39 is 0 Å². The van der Waals surface area contributed by atoms with Crippen molar-refractivity contribution in [1.82, 2.24) is 4.90 Å². The molecule has 4 saturated carbocycles. The molecule has 5 rings (SSSR count).